The number of hydrogen-bond donors (Lipinski definition) is 2. The third-order valence-corrected chi connectivity index (χ3v) is 5.56. The van der Waals surface area contributed by atoms with Gasteiger partial charge < -0.3 is 15.0 Å². The van der Waals surface area contributed by atoms with E-state index in [0.29, 0.717) is 11.6 Å². The van der Waals surface area contributed by atoms with Crippen LogP contribution in [0.3, 0.4) is 0 Å². The normalized spacial score (nSPS) is 16.2. The topological polar surface area (TPSA) is 67.2 Å². The zero-order chi connectivity index (χ0) is 17.5. The minimum absolute atomic E-state index is 0.00475. The third kappa shape index (κ3) is 3.39. The number of thiazole rings is 1. The van der Waals surface area contributed by atoms with Crippen molar-refractivity contribution in [2.24, 2.45) is 18.4 Å². The summed E-state index contributed by atoms with van der Waals surface area (Å²) >= 11 is 1.60. The Kier molecular flexibility index (Phi) is 4.53. The van der Waals surface area contributed by atoms with Crippen LogP contribution in [0.2, 0.25) is 0 Å². The molecule has 1 atom stereocenters. The summed E-state index contributed by atoms with van der Waals surface area (Å²) in [4.78, 5) is 17.3. The van der Waals surface area contributed by atoms with Crippen LogP contribution in [-0.4, -0.2) is 33.2 Å². The summed E-state index contributed by atoms with van der Waals surface area (Å²) in [7, 11) is 1.88. The lowest BCUT2D eigenvalue weighted by Crippen LogP contribution is -2.48. The van der Waals surface area contributed by atoms with Crippen LogP contribution in [0.15, 0.2) is 17.6 Å². The third-order valence-electron chi connectivity index (χ3n) is 4.78. The number of aryl methyl sites for hydroxylation is 2. The minimum atomic E-state index is -0.323. The molecule has 1 unspecified atom stereocenters. The number of aliphatic hydroxyl groups excluding tert-OH is 1. The van der Waals surface area contributed by atoms with Gasteiger partial charge in [-0.2, -0.15) is 0 Å². The highest BCUT2D eigenvalue weighted by Gasteiger charge is 2.42. The minimum Gasteiger partial charge on any atom is -0.396 e. The molecule has 2 aromatic heterocycles. The van der Waals surface area contributed by atoms with Gasteiger partial charge >= 0.3 is 0 Å². The van der Waals surface area contributed by atoms with E-state index in [4.69, 9.17) is 0 Å². The zero-order valence-electron chi connectivity index (χ0n) is 14.7. The van der Waals surface area contributed by atoms with Crippen molar-refractivity contribution < 1.29 is 9.90 Å². The van der Waals surface area contributed by atoms with E-state index in [9.17, 15) is 9.90 Å². The molecule has 0 spiro atoms. The molecule has 2 heterocycles. The largest absolute Gasteiger partial charge is 0.396 e. The highest BCUT2D eigenvalue weighted by Crippen LogP contribution is 2.40. The molecule has 0 aliphatic heterocycles. The summed E-state index contributed by atoms with van der Waals surface area (Å²) < 4.78 is 1.84. The number of rotatable bonds is 6. The van der Waals surface area contributed by atoms with Gasteiger partial charge in [0.2, 0.25) is 0 Å². The van der Waals surface area contributed by atoms with Crippen LogP contribution >= 0.6 is 11.3 Å². The Hall–Kier alpha value is -1.66. The van der Waals surface area contributed by atoms with Gasteiger partial charge in [-0.15, -0.1) is 11.3 Å². The van der Waals surface area contributed by atoms with Gasteiger partial charge in [-0.3, -0.25) is 4.79 Å². The Morgan fingerprint density at radius 3 is 2.79 bits per heavy atom. The predicted molar refractivity (Wildman–Crippen MR) is 96.1 cm³/mol. The van der Waals surface area contributed by atoms with Crippen molar-refractivity contribution in [2.45, 2.75) is 39.7 Å². The lowest BCUT2D eigenvalue weighted by atomic mass is 9.82. The summed E-state index contributed by atoms with van der Waals surface area (Å²) in [5.41, 5.74) is 2.16. The lowest BCUT2D eigenvalue weighted by molar-refractivity contribution is 0.0765. The predicted octanol–water partition coefficient (Wildman–Crippen LogP) is 2.98. The molecule has 0 aromatic carbocycles. The second-order valence-electron chi connectivity index (χ2n) is 7.41. The van der Waals surface area contributed by atoms with Crippen LogP contribution in [0.1, 0.15) is 42.2 Å². The maximum absolute atomic E-state index is 12.8. The van der Waals surface area contributed by atoms with E-state index < -0.39 is 0 Å². The summed E-state index contributed by atoms with van der Waals surface area (Å²) in [5.74, 6) is 0.381. The quantitative estimate of drug-likeness (QED) is 0.844. The molecule has 2 aromatic rings. The maximum Gasteiger partial charge on any atom is 0.268 e. The average Bonchev–Trinajstić information content (AvgIpc) is 3.16. The Labute approximate surface area is 146 Å². The van der Waals surface area contributed by atoms with Crippen LogP contribution in [0, 0.1) is 18.3 Å². The van der Waals surface area contributed by atoms with Crippen LogP contribution < -0.4 is 5.32 Å². The highest BCUT2D eigenvalue weighted by molar-refractivity contribution is 7.09. The zero-order valence-corrected chi connectivity index (χ0v) is 15.5. The van der Waals surface area contributed by atoms with Crippen molar-refractivity contribution in [2.75, 3.05) is 6.61 Å². The summed E-state index contributed by atoms with van der Waals surface area (Å²) in [6.07, 6.45) is 4.17. The first-order chi connectivity index (χ1) is 11.3. The van der Waals surface area contributed by atoms with Crippen molar-refractivity contribution >= 4 is 17.2 Å². The Morgan fingerprint density at radius 1 is 1.54 bits per heavy atom. The van der Waals surface area contributed by atoms with Crippen molar-refractivity contribution in [1.29, 1.82) is 0 Å². The first-order valence-electron chi connectivity index (χ1n) is 8.32. The number of nitrogens with one attached hydrogen (secondary N) is 1. The van der Waals surface area contributed by atoms with Crippen molar-refractivity contribution in [3.63, 3.8) is 0 Å². The molecule has 3 rings (SSSR count). The summed E-state index contributed by atoms with van der Waals surface area (Å²) in [5, 5.41) is 15.9. The second kappa shape index (κ2) is 6.33. The number of aliphatic hydroxyl groups is 1. The first-order valence-corrected chi connectivity index (χ1v) is 9.20. The smallest absolute Gasteiger partial charge is 0.268 e. The van der Waals surface area contributed by atoms with Gasteiger partial charge in [0.05, 0.1) is 17.3 Å². The Morgan fingerprint density at radius 2 is 2.25 bits per heavy atom. The molecule has 6 heteroatoms. The SMILES string of the molecule is Cc1nc(-c2cc(C(=O)NC(C3CC3)C(C)(C)CO)n(C)c2)cs1. The number of amides is 1. The number of carbonyl (C=O) groups excluding carboxylic acids is 1. The van der Waals surface area contributed by atoms with Gasteiger partial charge in [-0.05, 0) is 31.7 Å². The van der Waals surface area contributed by atoms with Gasteiger partial charge in [-0.25, -0.2) is 4.98 Å². The summed E-state index contributed by atoms with van der Waals surface area (Å²) in [6.45, 7) is 6.04. The molecular formula is C18H25N3O2S. The van der Waals surface area contributed by atoms with E-state index in [1.807, 2.05) is 50.0 Å². The molecule has 24 heavy (non-hydrogen) atoms. The standard InChI is InChI=1S/C18H25N3O2S/c1-11-19-14(9-24-11)13-7-15(21(4)8-13)17(23)20-16(12-5-6-12)18(2,3)10-22/h7-9,12,16,22H,5-6,10H2,1-4H3,(H,20,23). The lowest BCUT2D eigenvalue weighted by Gasteiger charge is -2.33. The van der Waals surface area contributed by atoms with Crippen LogP contribution in [0.4, 0.5) is 0 Å². The summed E-state index contributed by atoms with van der Waals surface area (Å²) in [6, 6.07) is 1.88. The van der Waals surface area contributed by atoms with Crippen molar-refractivity contribution in [1.82, 2.24) is 14.9 Å². The van der Waals surface area contributed by atoms with E-state index in [1.165, 1.54) is 0 Å². The molecule has 1 saturated carbocycles. The van der Waals surface area contributed by atoms with Gasteiger partial charge in [-0.1, -0.05) is 13.8 Å². The molecule has 130 valence electrons. The molecule has 0 saturated heterocycles. The van der Waals surface area contributed by atoms with Gasteiger partial charge in [0, 0.05) is 35.6 Å². The highest BCUT2D eigenvalue weighted by atomic mass is 32.1. The van der Waals surface area contributed by atoms with E-state index >= 15 is 0 Å². The fraction of sp³-hybridized carbons (Fsp3) is 0.556. The molecule has 1 fully saturated rings. The monoisotopic (exact) mass is 347 g/mol. The Bertz CT molecular complexity index is 743. The molecule has 1 amide bonds. The van der Waals surface area contributed by atoms with E-state index in [2.05, 4.69) is 10.3 Å². The average molecular weight is 347 g/mol. The van der Waals surface area contributed by atoms with E-state index in [-0.39, 0.29) is 24.0 Å². The molecule has 0 radical (unpaired) electrons. The fourth-order valence-electron chi connectivity index (χ4n) is 3.12. The molecule has 1 aliphatic carbocycles. The Balaban J connectivity index is 1.81. The van der Waals surface area contributed by atoms with Gasteiger partial charge in [0.1, 0.15) is 5.69 Å². The number of carbonyl (C=O) groups is 1. The fourth-order valence-corrected chi connectivity index (χ4v) is 3.74. The van der Waals surface area contributed by atoms with Crippen LogP contribution in [0.5, 0.6) is 0 Å². The maximum atomic E-state index is 12.8. The van der Waals surface area contributed by atoms with Gasteiger partial charge in [0.25, 0.3) is 5.91 Å². The molecule has 5 nitrogen and oxygen atoms in total. The first kappa shape index (κ1) is 17.2. The number of hydrogen-bond acceptors (Lipinski definition) is 4. The number of aromatic nitrogens is 2. The van der Waals surface area contributed by atoms with E-state index in [1.54, 1.807) is 11.3 Å². The molecular weight excluding hydrogens is 322 g/mol. The van der Waals surface area contributed by atoms with E-state index in [0.717, 1.165) is 29.1 Å². The van der Waals surface area contributed by atoms with Crippen LogP contribution in [0.25, 0.3) is 11.3 Å². The number of nitrogens with zero attached hydrogens (tertiary/aromatic N) is 2. The van der Waals surface area contributed by atoms with Crippen LogP contribution in [-0.2, 0) is 7.05 Å². The molecule has 2 N–H and O–H groups in total. The second-order valence-corrected chi connectivity index (χ2v) is 8.47. The van der Waals surface area contributed by atoms with Crippen molar-refractivity contribution in [3.8, 4) is 11.3 Å². The van der Waals surface area contributed by atoms with Gasteiger partial charge in [0.15, 0.2) is 0 Å². The van der Waals surface area contributed by atoms with Crippen molar-refractivity contribution in [3.05, 3.63) is 28.3 Å². The molecule has 0 bridgehead atoms. The molecule has 1 aliphatic rings.